The van der Waals surface area contributed by atoms with Crippen LogP contribution in [0.25, 0.3) is 11.2 Å². The standard InChI is InChI=1S/C8H9N4O2.Na/c1-10-4-9-6-5(10)7(13)12(3)8(14)11(6)2;/h4H,3H2,1-2H3;. The summed E-state index contributed by atoms with van der Waals surface area (Å²) in [6.45, 7) is 0. The summed E-state index contributed by atoms with van der Waals surface area (Å²) in [7, 11) is 3.38. The second kappa shape index (κ2) is 3.62. The number of hydrogen-bond donors (Lipinski definition) is 0. The van der Waals surface area contributed by atoms with Crippen molar-refractivity contribution in [1.82, 2.24) is 18.7 Å². The topological polar surface area (TPSA) is 61.8 Å². The molecule has 0 aliphatic rings. The summed E-state index contributed by atoms with van der Waals surface area (Å²) in [6.07, 6.45) is 1.54. The number of hydrogen-bond acceptors (Lipinski definition) is 3. The Morgan fingerprint density at radius 3 is 2.67 bits per heavy atom. The first-order valence-corrected chi connectivity index (χ1v) is 6.10. The van der Waals surface area contributed by atoms with E-state index < -0.39 is 0 Å². The van der Waals surface area contributed by atoms with Crippen molar-refractivity contribution in [3.05, 3.63) is 27.2 Å². The summed E-state index contributed by atoms with van der Waals surface area (Å²) in [5.41, 5.74) is 0.385. The molecule has 2 heterocycles. The van der Waals surface area contributed by atoms with Crippen LogP contribution in [0.1, 0.15) is 0 Å². The Kier molecular flexibility index (Phi) is 2.57. The summed E-state index contributed by atoms with van der Waals surface area (Å²) in [6, 6.07) is 0. The van der Waals surface area contributed by atoms with E-state index in [1.165, 1.54) is 9.13 Å². The molecule has 0 fully saturated rings. The van der Waals surface area contributed by atoms with E-state index in [1.807, 2.05) is 0 Å². The second-order valence-electron chi connectivity index (χ2n) is 3.42. The van der Waals surface area contributed by atoms with Crippen LogP contribution < -0.4 is 11.2 Å². The van der Waals surface area contributed by atoms with E-state index in [2.05, 4.69) is 4.98 Å². The van der Waals surface area contributed by atoms with E-state index in [0.29, 0.717) is 15.0 Å². The number of nitrogens with zero attached hydrogens (tertiary/aromatic N) is 4. The van der Waals surface area contributed by atoms with Crippen LogP contribution in [-0.2, 0) is 17.9 Å². The molecule has 7 heteroatoms. The SMILES string of the molecule is Cn1cnc2c1c(=O)n([CH2][Na])c(=O)n2C. The van der Waals surface area contributed by atoms with Gasteiger partial charge in [0.1, 0.15) is 0 Å². The van der Waals surface area contributed by atoms with Crippen LogP contribution in [0.3, 0.4) is 0 Å². The van der Waals surface area contributed by atoms with Gasteiger partial charge in [0, 0.05) is 0 Å². The molecule has 0 aliphatic heterocycles. The van der Waals surface area contributed by atoms with Gasteiger partial charge in [-0.25, -0.2) is 0 Å². The first-order valence-electron chi connectivity index (χ1n) is 4.68. The molecule has 2 aromatic rings. The van der Waals surface area contributed by atoms with Crippen LogP contribution in [0.15, 0.2) is 15.9 Å². The van der Waals surface area contributed by atoms with Gasteiger partial charge < -0.3 is 0 Å². The fraction of sp³-hybridized carbons (Fsp3) is 0.375. The van der Waals surface area contributed by atoms with Crippen molar-refractivity contribution >= 4 is 39.1 Å². The molecule has 0 aliphatic carbocycles. The van der Waals surface area contributed by atoms with E-state index in [9.17, 15) is 9.59 Å². The zero-order valence-corrected chi connectivity index (χ0v) is 10.9. The molecule has 2 aromatic heterocycles. The Bertz CT molecular complexity index is 636. The first kappa shape index (κ1) is 10.7. The van der Waals surface area contributed by atoms with E-state index >= 15 is 0 Å². The molecule has 0 spiro atoms. The molecule has 0 N–H and O–H groups in total. The molecular formula is C8H9N4NaO2. The summed E-state index contributed by atoms with van der Waals surface area (Å²) in [5.74, 6) is 0. The zero-order valence-electron chi connectivity index (χ0n) is 8.89. The number of aryl methyl sites for hydroxylation is 2. The summed E-state index contributed by atoms with van der Waals surface area (Å²) >= 11 is 0.774. The van der Waals surface area contributed by atoms with Gasteiger partial charge in [-0.15, -0.1) is 0 Å². The molecule has 0 bridgehead atoms. The van der Waals surface area contributed by atoms with Gasteiger partial charge in [-0.3, -0.25) is 0 Å². The van der Waals surface area contributed by atoms with E-state index in [4.69, 9.17) is 0 Å². The molecule has 0 atom stereocenters. The van der Waals surface area contributed by atoms with Gasteiger partial charge in [-0.2, -0.15) is 0 Å². The monoisotopic (exact) mass is 216 g/mol. The van der Waals surface area contributed by atoms with Crippen LogP contribution in [0.2, 0.25) is 0 Å². The minimum absolute atomic E-state index is 0.247. The van der Waals surface area contributed by atoms with Crippen molar-refractivity contribution < 1.29 is 0 Å². The van der Waals surface area contributed by atoms with Gasteiger partial charge in [0.25, 0.3) is 0 Å². The van der Waals surface area contributed by atoms with Gasteiger partial charge in [0.05, 0.1) is 0 Å². The maximum atomic E-state index is 11.9. The predicted molar refractivity (Wildman–Crippen MR) is 56.0 cm³/mol. The number of aromatic nitrogens is 4. The third-order valence-electron chi connectivity index (χ3n) is 2.52. The molecular weight excluding hydrogens is 207 g/mol. The Balaban J connectivity index is 3.13. The zero-order chi connectivity index (χ0) is 11.2. The van der Waals surface area contributed by atoms with E-state index in [0.717, 1.165) is 27.9 Å². The van der Waals surface area contributed by atoms with Crippen molar-refractivity contribution in [1.29, 1.82) is 0 Å². The Labute approximate surface area is 103 Å². The first-order chi connectivity index (χ1) is 7.07. The van der Waals surface area contributed by atoms with Gasteiger partial charge in [0.2, 0.25) is 0 Å². The van der Waals surface area contributed by atoms with Crippen molar-refractivity contribution in [3.8, 4) is 0 Å². The van der Waals surface area contributed by atoms with Crippen LogP contribution in [-0.4, -0.2) is 46.6 Å². The molecule has 0 unspecified atom stereocenters. The Morgan fingerprint density at radius 1 is 1.40 bits per heavy atom. The predicted octanol–water partition coefficient (Wildman–Crippen LogP) is -1.44. The normalized spacial score (nSPS) is 11.2. The van der Waals surface area contributed by atoms with E-state index in [-0.39, 0.29) is 11.2 Å². The van der Waals surface area contributed by atoms with Gasteiger partial charge >= 0.3 is 103 Å². The van der Waals surface area contributed by atoms with Crippen molar-refractivity contribution in [3.63, 3.8) is 0 Å². The summed E-state index contributed by atoms with van der Waals surface area (Å²) < 4.78 is 4.82. The molecule has 0 saturated carbocycles. The molecule has 0 amide bonds. The molecule has 2 rings (SSSR count). The second-order valence-corrected chi connectivity index (χ2v) is 4.05. The molecule has 0 aromatic carbocycles. The van der Waals surface area contributed by atoms with Gasteiger partial charge in [-0.1, -0.05) is 0 Å². The van der Waals surface area contributed by atoms with E-state index in [1.54, 1.807) is 25.0 Å². The Hall–Kier alpha value is -0.850. The minimum atomic E-state index is -0.291. The van der Waals surface area contributed by atoms with Crippen molar-refractivity contribution in [2.75, 3.05) is 0 Å². The van der Waals surface area contributed by atoms with Crippen LogP contribution in [0, 0.1) is 0 Å². The molecule has 0 saturated heterocycles. The molecule has 0 radical (unpaired) electrons. The maximum absolute atomic E-state index is 11.9. The third-order valence-corrected chi connectivity index (χ3v) is 3.15. The Morgan fingerprint density at radius 2 is 2.07 bits per heavy atom. The molecule has 15 heavy (non-hydrogen) atoms. The number of fused-ring (bicyclic) bond motifs is 1. The summed E-state index contributed by atoms with van der Waals surface area (Å²) in [5, 5.41) is 0. The van der Waals surface area contributed by atoms with Crippen molar-refractivity contribution in [2.45, 2.75) is 3.79 Å². The summed E-state index contributed by atoms with van der Waals surface area (Å²) in [4.78, 5) is 27.7. The van der Waals surface area contributed by atoms with Crippen LogP contribution in [0.5, 0.6) is 0 Å². The average molecular weight is 216 g/mol. The number of rotatable bonds is 1. The fourth-order valence-electron chi connectivity index (χ4n) is 1.68. The molecule has 74 valence electrons. The van der Waals surface area contributed by atoms with Crippen LogP contribution in [0.4, 0.5) is 0 Å². The average Bonchev–Trinajstić information content (AvgIpc) is 2.58. The van der Waals surface area contributed by atoms with Gasteiger partial charge in [-0.05, 0) is 0 Å². The number of imidazole rings is 1. The quantitative estimate of drug-likeness (QED) is 0.548. The van der Waals surface area contributed by atoms with Crippen molar-refractivity contribution in [2.24, 2.45) is 14.1 Å². The fourth-order valence-corrected chi connectivity index (χ4v) is 2.23. The molecule has 6 nitrogen and oxygen atoms in total. The van der Waals surface area contributed by atoms with Crippen LogP contribution >= 0.6 is 0 Å². The van der Waals surface area contributed by atoms with Gasteiger partial charge in [0.15, 0.2) is 0 Å². The third kappa shape index (κ3) is 1.40.